The number of allylic oxidation sites excluding steroid dienone is 2. The van der Waals surface area contributed by atoms with Gasteiger partial charge in [-0.3, -0.25) is 43.7 Å². The molecule has 8 N–H and O–H groups in total. The number of nitrogens with two attached hydrogens (primary N) is 3. The third-order valence-electron chi connectivity index (χ3n) is 9.51. The van der Waals surface area contributed by atoms with E-state index in [0.29, 0.717) is 58.1 Å². The van der Waals surface area contributed by atoms with Crippen LogP contribution in [-0.2, 0) is 32.8 Å². The molecule has 7 rings (SSSR count). The van der Waals surface area contributed by atoms with Gasteiger partial charge in [-0.2, -0.15) is 10.2 Å². The summed E-state index contributed by atoms with van der Waals surface area (Å²) in [6.45, 7) is 8.56. The van der Waals surface area contributed by atoms with Gasteiger partial charge in [-0.15, -0.1) is 0 Å². The summed E-state index contributed by atoms with van der Waals surface area (Å²) in [7, 11) is 0. The zero-order valence-corrected chi connectivity index (χ0v) is 32.8. The van der Waals surface area contributed by atoms with Crippen LogP contribution in [0.5, 0.6) is 5.75 Å². The van der Waals surface area contributed by atoms with Crippen LogP contribution in [0.2, 0.25) is 0 Å². The number of nitrogens with one attached hydrogen (secondary N) is 2. The van der Waals surface area contributed by atoms with Crippen molar-refractivity contribution in [1.82, 2.24) is 43.6 Å². The largest absolute Gasteiger partial charge is 0.487 e. The lowest BCUT2D eigenvalue weighted by Gasteiger charge is -2.13. The van der Waals surface area contributed by atoms with Crippen molar-refractivity contribution in [2.45, 2.75) is 60.5 Å². The first-order chi connectivity index (χ1) is 28.4. The van der Waals surface area contributed by atoms with Crippen molar-refractivity contribution >= 4 is 63.4 Å². The van der Waals surface area contributed by atoms with Crippen LogP contribution in [0.25, 0.3) is 22.2 Å². The quantitative estimate of drug-likeness (QED) is 0.0927. The lowest BCUT2D eigenvalue weighted by molar-refractivity contribution is 0.0991. The van der Waals surface area contributed by atoms with Gasteiger partial charge in [-0.05, 0) is 57.5 Å². The number of benzene rings is 2. The predicted octanol–water partition coefficient (Wildman–Crippen LogP) is 3.95. The Hall–Kier alpha value is -7.83. The number of aryl methyl sites for hydroxylation is 4. The number of fused-ring (bicyclic) bond motifs is 2. The van der Waals surface area contributed by atoms with Crippen LogP contribution in [0.15, 0.2) is 72.9 Å². The van der Waals surface area contributed by atoms with Gasteiger partial charge >= 0.3 is 0 Å². The second kappa shape index (κ2) is 16.3. The first-order valence-corrected chi connectivity index (χ1v) is 18.7. The molecule has 2 aromatic carbocycles. The number of carbonyl (C=O) groups is 4. The molecule has 0 saturated carbocycles. The molecule has 0 spiro atoms. The van der Waals surface area contributed by atoms with Gasteiger partial charge in [0.2, 0.25) is 23.7 Å². The molecule has 59 heavy (non-hydrogen) atoms. The molecule has 0 fully saturated rings. The first-order valence-electron chi connectivity index (χ1n) is 18.7. The Morgan fingerprint density at radius 3 is 2.12 bits per heavy atom. The molecule has 0 aliphatic rings. The number of imidazole rings is 2. The van der Waals surface area contributed by atoms with Gasteiger partial charge in [0.1, 0.15) is 34.8 Å². The molecule has 0 unspecified atom stereocenters. The summed E-state index contributed by atoms with van der Waals surface area (Å²) >= 11 is 0. The third-order valence-corrected chi connectivity index (χ3v) is 9.51. The molecule has 7 aromatic rings. The maximum Gasteiger partial charge on any atom is 0.278 e. The number of pyridine rings is 1. The molecular formula is C40H42N14O5. The van der Waals surface area contributed by atoms with Crippen LogP contribution < -0.4 is 32.6 Å². The van der Waals surface area contributed by atoms with E-state index in [9.17, 15) is 19.2 Å². The number of amides is 4. The van der Waals surface area contributed by atoms with E-state index >= 15 is 0 Å². The van der Waals surface area contributed by atoms with Crippen molar-refractivity contribution < 1.29 is 23.9 Å². The van der Waals surface area contributed by atoms with Gasteiger partial charge in [0, 0.05) is 37.9 Å². The number of carbonyl (C=O) groups excluding carboxylic acids is 4. The summed E-state index contributed by atoms with van der Waals surface area (Å²) < 4.78 is 12.8. The van der Waals surface area contributed by atoms with Crippen LogP contribution in [0.4, 0.5) is 17.6 Å². The highest BCUT2D eigenvalue weighted by Gasteiger charge is 2.24. The van der Waals surface area contributed by atoms with Crippen molar-refractivity contribution in [3.63, 3.8) is 0 Å². The number of ether oxygens (including phenoxy) is 1. The fraction of sp³-hybridized carbons (Fsp3) is 0.225. The fourth-order valence-corrected chi connectivity index (χ4v) is 6.62. The maximum atomic E-state index is 13.9. The Morgan fingerprint density at radius 2 is 1.42 bits per heavy atom. The average Bonchev–Trinajstić information content (AvgIpc) is 3.96. The van der Waals surface area contributed by atoms with E-state index in [4.69, 9.17) is 26.9 Å². The monoisotopic (exact) mass is 798 g/mol. The van der Waals surface area contributed by atoms with E-state index in [1.54, 1.807) is 39.8 Å². The number of aromatic nitrogens is 9. The van der Waals surface area contributed by atoms with Crippen LogP contribution >= 0.6 is 0 Å². The molecule has 0 aliphatic heterocycles. The Bertz CT molecular complexity index is 2790. The summed E-state index contributed by atoms with van der Waals surface area (Å²) in [5.74, 6) is -1.74. The molecule has 19 heteroatoms. The number of hydrogen-bond donors (Lipinski definition) is 5. The highest BCUT2D eigenvalue weighted by Crippen LogP contribution is 2.32. The van der Waals surface area contributed by atoms with Gasteiger partial charge in [-0.25, -0.2) is 15.0 Å². The van der Waals surface area contributed by atoms with Gasteiger partial charge in [-0.1, -0.05) is 42.5 Å². The van der Waals surface area contributed by atoms with Crippen molar-refractivity contribution in [3.8, 4) is 5.75 Å². The van der Waals surface area contributed by atoms with E-state index in [-0.39, 0.29) is 54.1 Å². The van der Waals surface area contributed by atoms with Crippen molar-refractivity contribution in [1.29, 1.82) is 0 Å². The lowest BCUT2D eigenvalue weighted by Crippen LogP contribution is -2.21. The molecule has 0 bridgehead atoms. The summed E-state index contributed by atoms with van der Waals surface area (Å²) in [6, 6.07) is 15.7. The zero-order chi connectivity index (χ0) is 42.0. The van der Waals surface area contributed by atoms with Crippen LogP contribution in [0, 0.1) is 13.8 Å². The Kier molecular flexibility index (Phi) is 10.9. The minimum Gasteiger partial charge on any atom is -0.487 e. The average molecular weight is 799 g/mol. The molecule has 5 aromatic heterocycles. The van der Waals surface area contributed by atoms with Crippen molar-refractivity contribution in [3.05, 3.63) is 112 Å². The summed E-state index contributed by atoms with van der Waals surface area (Å²) in [5, 5.41) is 14.5. The standard InChI is InChI=1S/C40H42N14O5/c1-5-53-29(16-22(3)49-53)37(57)47-40-46-28-18-26(35(43)56)20-44-36(28)52(40)15-11-10-14-51-32-27(45-39(51)48-38(58)33-31(41)23(4)50-54(33)6-2)17-25(34(42)55)19-30(32)59-21-24-12-8-7-9-13-24/h7-13,16-20H,5-6,14-15,21,41H2,1-4H3,(H2,42,55)(H2,43,56)(H,45,48,58)(H,46,47,57)/b11-10+. The lowest BCUT2D eigenvalue weighted by atomic mass is 10.1. The zero-order valence-electron chi connectivity index (χ0n) is 32.8. The molecule has 0 radical (unpaired) electrons. The topological polar surface area (TPSA) is 264 Å². The highest BCUT2D eigenvalue weighted by molar-refractivity contribution is 6.07. The van der Waals surface area contributed by atoms with Gasteiger partial charge in [0.05, 0.1) is 28.2 Å². The Labute approximate surface area is 336 Å². The van der Waals surface area contributed by atoms with Gasteiger partial charge in [0.15, 0.2) is 5.65 Å². The number of rotatable bonds is 15. The van der Waals surface area contributed by atoms with Crippen molar-refractivity contribution in [2.75, 3.05) is 16.4 Å². The Morgan fingerprint density at radius 1 is 0.780 bits per heavy atom. The number of anilines is 3. The van der Waals surface area contributed by atoms with E-state index in [1.165, 1.54) is 23.0 Å². The highest BCUT2D eigenvalue weighted by atomic mass is 16.5. The fourth-order valence-electron chi connectivity index (χ4n) is 6.62. The summed E-state index contributed by atoms with van der Waals surface area (Å²) in [4.78, 5) is 65.6. The normalized spacial score (nSPS) is 11.5. The third kappa shape index (κ3) is 7.93. The maximum absolute atomic E-state index is 13.9. The molecule has 0 saturated heterocycles. The van der Waals surface area contributed by atoms with Crippen LogP contribution in [0.3, 0.4) is 0 Å². The molecule has 0 aliphatic carbocycles. The summed E-state index contributed by atoms with van der Waals surface area (Å²) in [5.41, 5.74) is 22.2. The first kappa shape index (κ1) is 39.4. The van der Waals surface area contributed by atoms with E-state index in [0.717, 1.165) is 5.56 Å². The minimum absolute atomic E-state index is 0.131. The van der Waals surface area contributed by atoms with Crippen molar-refractivity contribution in [2.24, 2.45) is 11.5 Å². The number of nitrogen functional groups attached to an aromatic ring is 1. The molecule has 19 nitrogen and oxygen atoms in total. The van der Waals surface area contributed by atoms with E-state index in [2.05, 4.69) is 30.8 Å². The smallest absolute Gasteiger partial charge is 0.278 e. The molecule has 302 valence electrons. The van der Waals surface area contributed by atoms with E-state index in [1.807, 2.05) is 56.3 Å². The number of hydrogen-bond acceptors (Lipinski definition) is 11. The SMILES string of the molecule is CCn1nc(C)cc1C(=O)Nc1nc2cc(C(N)=O)cnc2n1C/C=C/Cn1c(NC(=O)c2c(N)c(C)nn2CC)nc2cc(C(N)=O)cc(OCc3ccccc3)c21. The molecule has 5 heterocycles. The molecule has 0 atom stereocenters. The minimum atomic E-state index is -0.687. The van der Waals surface area contributed by atoms with E-state index < -0.39 is 23.6 Å². The van der Waals surface area contributed by atoms with Crippen LogP contribution in [-0.4, -0.2) is 67.3 Å². The second-order valence-corrected chi connectivity index (χ2v) is 13.5. The Balaban J connectivity index is 1.27. The number of nitrogens with zero attached hydrogens (tertiary/aromatic N) is 9. The molecular weight excluding hydrogens is 757 g/mol. The van der Waals surface area contributed by atoms with Gasteiger partial charge < -0.3 is 26.5 Å². The van der Waals surface area contributed by atoms with Gasteiger partial charge in [0.25, 0.3) is 11.8 Å². The predicted molar refractivity (Wildman–Crippen MR) is 220 cm³/mol. The molecule has 4 amide bonds. The second-order valence-electron chi connectivity index (χ2n) is 13.5. The van der Waals surface area contributed by atoms with Crippen LogP contribution in [0.1, 0.15) is 72.5 Å². The summed E-state index contributed by atoms with van der Waals surface area (Å²) in [6.07, 6.45) is 4.98. The number of primary amides is 2.